The molecular formula is C26H35N9O4. The van der Waals surface area contributed by atoms with Gasteiger partial charge in [0.15, 0.2) is 0 Å². The first-order chi connectivity index (χ1) is 18.4. The molecule has 2 aromatic rings. The van der Waals surface area contributed by atoms with E-state index in [0.717, 1.165) is 0 Å². The number of nitrogens with zero attached hydrogens (tertiary/aromatic N) is 5. The summed E-state index contributed by atoms with van der Waals surface area (Å²) in [5.74, 6) is 0.608. The number of hydrogen-bond donors (Lipinski definition) is 4. The second-order valence-corrected chi connectivity index (χ2v) is 11.1. The Labute approximate surface area is 225 Å². The molecule has 1 aromatic carbocycles. The van der Waals surface area contributed by atoms with E-state index < -0.39 is 23.3 Å². The third-order valence-corrected chi connectivity index (χ3v) is 7.81. The Hall–Kier alpha value is -3.81. The minimum absolute atomic E-state index is 0.121. The van der Waals surface area contributed by atoms with Crippen molar-refractivity contribution in [1.82, 2.24) is 24.3 Å². The molecule has 2 aliphatic heterocycles. The highest BCUT2D eigenvalue weighted by molar-refractivity contribution is 5.89. The molecule has 39 heavy (non-hydrogen) atoms. The van der Waals surface area contributed by atoms with Gasteiger partial charge in [0.1, 0.15) is 11.9 Å². The number of carbonyl (C=O) groups excluding carboxylic acids is 3. The van der Waals surface area contributed by atoms with Gasteiger partial charge in [-0.2, -0.15) is 4.98 Å². The van der Waals surface area contributed by atoms with E-state index in [1.165, 1.54) is 16.8 Å². The predicted octanol–water partition coefficient (Wildman–Crippen LogP) is -0.939. The molecule has 13 heteroatoms. The van der Waals surface area contributed by atoms with Crippen LogP contribution in [0.5, 0.6) is 0 Å². The molecule has 1 saturated carbocycles. The highest BCUT2D eigenvalue weighted by atomic mass is 16.2. The first kappa shape index (κ1) is 26.8. The Kier molecular flexibility index (Phi) is 6.91. The third kappa shape index (κ3) is 5.37. The summed E-state index contributed by atoms with van der Waals surface area (Å²) in [6.45, 7) is 6.05. The van der Waals surface area contributed by atoms with Gasteiger partial charge in [0, 0.05) is 51.5 Å². The minimum Gasteiger partial charge on any atom is -0.340 e. The van der Waals surface area contributed by atoms with E-state index in [0.29, 0.717) is 62.4 Å². The van der Waals surface area contributed by atoms with Gasteiger partial charge in [-0.3, -0.25) is 19.5 Å². The fourth-order valence-corrected chi connectivity index (χ4v) is 5.31. The Morgan fingerprint density at radius 2 is 1.56 bits per heavy atom. The summed E-state index contributed by atoms with van der Waals surface area (Å²) in [6.07, 6.45) is 1.52. The summed E-state index contributed by atoms with van der Waals surface area (Å²) in [7, 11) is 0. The van der Waals surface area contributed by atoms with E-state index in [-0.39, 0.29) is 23.7 Å². The van der Waals surface area contributed by atoms with Gasteiger partial charge >= 0.3 is 11.7 Å². The maximum Gasteiger partial charge on any atom is 0.354 e. The fraction of sp³-hybridized carbons (Fsp3) is 0.500. The van der Waals surface area contributed by atoms with Crippen LogP contribution in [-0.2, 0) is 9.59 Å². The summed E-state index contributed by atoms with van der Waals surface area (Å²) in [5.41, 5.74) is 17.7. The number of piperazine rings is 1. The van der Waals surface area contributed by atoms with E-state index in [9.17, 15) is 19.2 Å². The van der Waals surface area contributed by atoms with Crippen molar-refractivity contribution in [3.05, 3.63) is 52.6 Å². The molecule has 13 nitrogen and oxygen atoms in total. The molecule has 0 radical (unpaired) electrons. The Bertz CT molecular complexity index is 1320. The molecule has 3 fully saturated rings. The number of nitrogens with two attached hydrogens (primary N) is 3. The lowest BCUT2D eigenvalue weighted by molar-refractivity contribution is -0.137. The van der Waals surface area contributed by atoms with Crippen LogP contribution >= 0.6 is 0 Å². The van der Waals surface area contributed by atoms with Gasteiger partial charge in [0.25, 0.3) is 0 Å². The van der Waals surface area contributed by atoms with Gasteiger partial charge in [-0.05, 0) is 49.4 Å². The molecule has 3 aliphatic rings. The number of amides is 4. The Morgan fingerprint density at radius 1 is 0.974 bits per heavy atom. The number of hydrogen-bond acceptors (Lipinski definition) is 8. The predicted molar refractivity (Wildman–Crippen MR) is 144 cm³/mol. The van der Waals surface area contributed by atoms with Crippen molar-refractivity contribution in [3.8, 4) is 5.69 Å². The molecule has 7 N–H and O–H groups in total. The van der Waals surface area contributed by atoms with Gasteiger partial charge in [0.05, 0.1) is 11.2 Å². The largest absolute Gasteiger partial charge is 0.354 e. The highest BCUT2D eigenvalue weighted by Gasteiger charge is 2.55. The number of nitrogens with one attached hydrogen (secondary N) is 1. The van der Waals surface area contributed by atoms with Crippen molar-refractivity contribution in [3.63, 3.8) is 0 Å². The van der Waals surface area contributed by atoms with Gasteiger partial charge in [-0.25, -0.2) is 9.59 Å². The maximum absolute atomic E-state index is 12.8. The number of urea groups is 1. The van der Waals surface area contributed by atoms with E-state index in [1.54, 1.807) is 52.8 Å². The van der Waals surface area contributed by atoms with Gasteiger partial charge < -0.3 is 31.9 Å². The maximum atomic E-state index is 12.8. The smallest absolute Gasteiger partial charge is 0.340 e. The van der Waals surface area contributed by atoms with Crippen LogP contribution in [0.2, 0.25) is 0 Å². The molecule has 2 unspecified atom stereocenters. The van der Waals surface area contributed by atoms with Crippen molar-refractivity contribution < 1.29 is 14.4 Å². The summed E-state index contributed by atoms with van der Waals surface area (Å²) in [4.78, 5) is 59.5. The van der Waals surface area contributed by atoms with E-state index >= 15 is 0 Å². The summed E-state index contributed by atoms with van der Waals surface area (Å²) < 4.78 is 1.33. The number of piperidine rings is 1. The summed E-state index contributed by atoms with van der Waals surface area (Å²) >= 11 is 0. The molecule has 0 spiro atoms. The minimum atomic E-state index is -0.967. The molecule has 4 amide bonds. The van der Waals surface area contributed by atoms with E-state index in [2.05, 4.69) is 10.3 Å². The number of aromatic nitrogens is 2. The van der Waals surface area contributed by atoms with Crippen LogP contribution in [0.15, 0.2) is 41.3 Å². The van der Waals surface area contributed by atoms with Crippen LogP contribution in [0.25, 0.3) is 5.69 Å². The molecule has 0 bridgehead atoms. The number of rotatable bonds is 5. The molecule has 1 aromatic heterocycles. The van der Waals surface area contributed by atoms with Crippen molar-refractivity contribution in [2.24, 2.45) is 29.0 Å². The normalized spacial score (nSPS) is 23.3. The lowest BCUT2D eigenvalue weighted by atomic mass is 10.1. The SMILES string of the molecule is CC(C)(N)C(=O)N1CCN(C(=O)Nc2ccn(-c3ccc(C(N)C(=O)N4C[C@@H]5C(N)[C@@H]5C4)cc3)c(=O)n2)CC1. The average Bonchev–Trinajstić information content (AvgIpc) is 3.30. The summed E-state index contributed by atoms with van der Waals surface area (Å²) in [6, 6.07) is 7.38. The fourth-order valence-electron chi connectivity index (χ4n) is 5.31. The van der Waals surface area contributed by atoms with Crippen molar-refractivity contribution in [1.29, 1.82) is 0 Å². The van der Waals surface area contributed by atoms with Crippen LogP contribution in [0.1, 0.15) is 25.5 Å². The Balaban J connectivity index is 1.17. The van der Waals surface area contributed by atoms with Crippen LogP contribution in [0.4, 0.5) is 10.6 Å². The highest BCUT2D eigenvalue weighted by Crippen LogP contribution is 2.44. The van der Waals surface area contributed by atoms with Crippen molar-refractivity contribution >= 4 is 23.7 Å². The lowest BCUT2D eigenvalue weighted by Gasteiger charge is -2.37. The standard InChI is InChI=1S/C26H35N9O4/c1-26(2,29)23(37)32-9-11-33(12-10-32)24(38)30-19-7-8-35(25(39)31-19)16-5-3-15(4-6-16)20(27)22(36)34-13-17-18(14-34)21(17)28/h3-8,17-18,20-21H,9-14,27-29H2,1-2H3,(H,30,31,38,39)/t17-,18+,20?,21?. The second kappa shape index (κ2) is 10.1. The number of likely N-dealkylation sites (tertiary alicyclic amines) is 1. The van der Waals surface area contributed by atoms with Crippen LogP contribution in [0.3, 0.4) is 0 Å². The van der Waals surface area contributed by atoms with Gasteiger partial charge in [-0.15, -0.1) is 0 Å². The molecular weight excluding hydrogens is 502 g/mol. The number of benzene rings is 1. The number of fused-ring (bicyclic) bond motifs is 1. The first-order valence-electron chi connectivity index (χ1n) is 13.1. The first-order valence-corrected chi connectivity index (χ1v) is 13.1. The molecule has 5 rings (SSSR count). The lowest BCUT2D eigenvalue weighted by Crippen LogP contribution is -2.58. The number of anilines is 1. The van der Waals surface area contributed by atoms with Crippen LogP contribution < -0.4 is 28.2 Å². The molecule has 4 atom stereocenters. The number of carbonyl (C=O) groups is 3. The molecule has 3 heterocycles. The monoisotopic (exact) mass is 537 g/mol. The van der Waals surface area contributed by atoms with Crippen molar-refractivity contribution in [2.45, 2.75) is 31.5 Å². The van der Waals surface area contributed by atoms with Crippen LogP contribution in [0, 0.1) is 11.8 Å². The Morgan fingerprint density at radius 3 is 2.13 bits per heavy atom. The molecule has 208 valence electrons. The van der Waals surface area contributed by atoms with Gasteiger partial charge in [-0.1, -0.05) is 12.1 Å². The third-order valence-electron chi connectivity index (χ3n) is 7.81. The van der Waals surface area contributed by atoms with Crippen LogP contribution in [-0.4, -0.2) is 92.9 Å². The zero-order valence-electron chi connectivity index (χ0n) is 22.1. The molecule has 1 aliphatic carbocycles. The topological polar surface area (TPSA) is 186 Å². The zero-order chi connectivity index (χ0) is 28.1. The van der Waals surface area contributed by atoms with E-state index in [4.69, 9.17) is 17.2 Å². The van der Waals surface area contributed by atoms with Gasteiger partial charge in [0.2, 0.25) is 11.8 Å². The average molecular weight is 538 g/mol. The zero-order valence-corrected chi connectivity index (χ0v) is 22.1. The quantitative estimate of drug-likeness (QED) is 0.376. The van der Waals surface area contributed by atoms with E-state index in [1.807, 2.05) is 0 Å². The summed E-state index contributed by atoms with van der Waals surface area (Å²) in [5, 5.41) is 2.65. The van der Waals surface area contributed by atoms with Crippen molar-refractivity contribution in [2.75, 3.05) is 44.6 Å². The second-order valence-electron chi connectivity index (χ2n) is 11.1. The molecule has 2 saturated heterocycles.